The second-order valence-corrected chi connectivity index (χ2v) is 4.50. The van der Waals surface area contributed by atoms with Gasteiger partial charge >= 0.3 is 0 Å². The van der Waals surface area contributed by atoms with Crippen molar-refractivity contribution in [3.63, 3.8) is 0 Å². The van der Waals surface area contributed by atoms with E-state index in [9.17, 15) is 4.79 Å². The van der Waals surface area contributed by atoms with Crippen molar-refractivity contribution >= 4 is 17.5 Å². The van der Waals surface area contributed by atoms with Crippen molar-refractivity contribution < 1.29 is 4.79 Å². The minimum absolute atomic E-state index is 0.0121. The topological polar surface area (TPSA) is 29.1 Å². The Balaban J connectivity index is 2.60. The highest BCUT2D eigenvalue weighted by molar-refractivity contribution is 6.27. The lowest BCUT2D eigenvalue weighted by Crippen LogP contribution is -2.45. The summed E-state index contributed by atoms with van der Waals surface area (Å²) >= 11 is 5.45. The van der Waals surface area contributed by atoms with Gasteiger partial charge in [-0.2, -0.15) is 0 Å². The van der Waals surface area contributed by atoms with E-state index in [2.05, 4.69) is 17.4 Å². The number of alkyl halides is 1. The van der Waals surface area contributed by atoms with Crippen LogP contribution >= 0.6 is 11.6 Å². The van der Waals surface area contributed by atoms with Crippen molar-refractivity contribution in [1.29, 1.82) is 0 Å². The second kappa shape index (κ2) is 5.17. The van der Waals surface area contributed by atoms with Crippen molar-refractivity contribution in [2.24, 2.45) is 0 Å². The number of rotatable bonds is 4. The summed E-state index contributed by atoms with van der Waals surface area (Å²) in [4.78, 5) is 11.2. The number of nitrogens with one attached hydrogen (secondary N) is 1. The molecule has 1 aromatic rings. The van der Waals surface area contributed by atoms with Gasteiger partial charge in [-0.25, -0.2) is 0 Å². The molecule has 0 spiro atoms. The smallest absolute Gasteiger partial charge is 0.235 e. The standard InChI is InChI=1S/C12H16ClNO/c1-12(2,14-11(15)9-13)8-10-6-4-3-5-7-10/h3-7H,8-9H2,1-2H3,(H,14,15). The Bertz CT molecular complexity index is 322. The molecule has 1 N–H and O–H groups in total. The predicted molar refractivity (Wildman–Crippen MR) is 63.1 cm³/mol. The molecule has 15 heavy (non-hydrogen) atoms. The van der Waals surface area contributed by atoms with Crippen molar-refractivity contribution in [1.82, 2.24) is 5.32 Å². The quantitative estimate of drug-likeness (QED) is 0.784. The lowest BCUT2D eigenvalue weighted by Gasteiger charge is -2.26. The fraction of sp³-hybridized carbons (Fsp3) is 0.417. The highest BCUT2D eigenvalue weighted by Gasteiger charge is 2.20. The average molecular weight is 226 g/mol. The van der Waals surface area contributed by atoms with Gasteiger partial charge in [0.15, 0.2) is 0 Å². The molecule has 0 radical (unpaired) electrons. The van der Waals surface area contributed by atoms with Gasteiger partial charge in [-0.15, -0.1) is 11.6 Å². The third kappa shape index (κ3) is 4.34. The molecule has 0 aliphatic rings. The molecule has 1 rings (SSSR count). The van der Waals surface area contributed by atoms with Gasteiger partial charge in [-0.1, -0.05) is 30.3 Å². The van der Waals surface area contributed by atoms with Crippen molar-refractivity contribution in [2.45, 2.75) is 25.8 Å². The van der Waals surface area contributed by atoms with Gasteiger partial charge in [0.1, 0.15) is 5.88 Å². The van der Waals surface area contributed by atoms with Gasteiger partial charge in [0.25, 0.3) is 0 Å². The first-order valence-corrected chi connectivity index (χ1v) is 5.48. The number of carbonyl (C=O) groups is 1. The highest BCUT2D eigenvalue weighted by atomic mass is 35.5. The number of benzene rings is 1. The zero-order valence-corrected chi connectivity index (χ0v) is 9.84. The molecular weight excluding hydrogens is 210 g/mol. The molecule has 3 heteroatoms. The largest absolute Gasteiger partial charge is 0.350 e. The van der Waals surface area contributed by atoms with Crippen LogP contribution in [-0.4, -0.2) is 17.3 Å². The monoisotopic (exact) mass is 225 g/mol. The Kier molecular flexibility index (Phi) is 4.15. The van der Waals surface area contributed by atoms with E-state index in [1.165, 1.54) is 5.56 Å². The summed E-state index contributed by atoms with van der Waals surface area (Å²) < 4.78 is 0. The molecule has 0 saturated heterocycles. The van der Waals surface area contributed by atoms with Crippen LogP contribution in [0.1, 0.15) is 19.4 Å². The Morgan fingerprint density at radius 3 is 2.47 bits per heavy atom. The van der Waals surface area contributed by atoms with Crippen LogP contribution in [0.15, 0.2) is 30.3 Å². The lowest BCUT2D eigenvalue weighted by atomic mass is 9.95. The molecule has 1 aromatic carbocycles. The number of hydrogen-bond acceptors (Lipinski definition) is 1. The van der Waals surface area contributed by atoms with Crippen LogP contribution in [0.5, 0.6) is 0 Å². The summed E-state index contributed by atoms with van der Waals surface area (Å²) in [6, 6.07) is 10.1. The van der Waals surface area contributed by atoms with E-state index in [0.717, 1.165) is 6.42 Å². The molecule has 0 aromatic heterocycles. The van der Waals surface area contributed by atoms with Crippen LogP contribution < -0.4 is 5.32 Å². The Morgan fingerprint density at radius 1 is 1.33 bits per heavy atom. The fourth-order valence-electron chi connectivity index (χ4n) is 1.56. The van der Waals surface area contributed by atoms with E-state index in [-0.39, 0.29) is 17.3 Å². The van der Waals surface area contributed by atoms with E-state index >= 15 is 0 Å². The molecular formula is C12H16ClNO. The van der Waals surface area contributed by atoms with Crippen LogP contribution in [0.3, 0.4) is 0 Å². The SMILES string of the molecule is CC(C)(Cc1ccccc1)NC(=O)CCl. The van der Waals surface area contributed by atoms with E-state index in [0.29, 0.717) is 0 Å². The van der Waals surface area contributed by atoms with E-state index < -0.39 is 0 Å². The van der Waals surface area contributed by atoms with Gasteiger partial charge in [0.2, 0.25) is 5.91 Å². The molecule has 0 aliphatic carbocycles. The van der Waals surface area contributed by atoms with E-state index in [4.69, 9.17) is 11.6 Å². The van der Waals surface area contributed by atoms with Crippen LogP contribution in [-0.2, 0) is 11.2 Å². The van der Waals surface area contributed by atoms with Crippen LogP contribution in [0, 0.1) is 0 Å². The van der Waals surface area contributed by atoms with E-state index in [1.54, 1.807) is 0 Å². The maximum absolute atomic E-state index is 11.2. The Labute approximate surface area is 95.6 Å². The Hall–Kier alpha value is -1.02. The zero-order valence-electron chi connectivity index (χ0n) is 9.09. The Morgan fingerprint density at radius 2 is 1.93 bits per heavy atom. The third-order valence-electron chi connectivity index (χ3n) is 2.09. The molecule has 0 bridgehead atoms. The lowest BCUT2D eigenvalue weighted by molar-refractivity contribution is -0.120. The summed E-state index contributed by atoms with van der Waals surface area (Å²) in [6.07, 6.45) is 0.802. The van der Waals surface area contributed by atoms with Crippen molar-refractivity contribution in [3.8, 4) is 0 Å². The summed E-state index contributed by atoms with van der Waals surface area (Å²) in [5, 5.41) is 2.88. The molecule has 0 unspecified atom stereocenters. The van der Waals surface area contributed by atoms with Crippen molar-refractivity contribution in [2.75, 3.05) is 5.88 Å². The maximum Gasteiger partial charge on any atom is 0.235 e. The molecule has 0 saturated carbocycles. The minimum Gasteiger partial charge on any atom is -0.350 e. The van der Waals surface area contributed by atoms with Gasteiger partial charge in [0.05, 0.1) is 0 Å². The molecule has 82 valence electrons. The average Bonchev–Trinajstić information content (AvgIpc) is 2.17. The molecule has 0 fully saturated rings. The van der Waals surface area contributed by atoms with Crippen molar-refractivity contribution in [3.05, 3.63) is 35.9 Å². The third-order valence-corrected chi connectivity index (χ3v) is 2.33. The van der Waals surface area contributed by atoms with Crippen LogP contribution in [0.2, 0.25) is 0 Å². The fourth-order valence-corrected chi connectivity index (χ4v) is 1.63. The summed E-state index contributed by atoms with van der Waals surface area (Å²) in [6.45, 7) is 3.98. The molecule has 2 nitrogen and oxygen atoms in total. The molecule has 0 atom stereocenters. The van der Waals surface area contributed by atoms with E-state index in [1.807, 2.05) is 32.0 Å². The minimum atomic E-state index is -0.257. The molecule has 1 amide bonds. The summed E-state index contributed by atoms with van der Waals surface area (Å²) in [7, 11) is 0. The first-order chi connectivity index (χ1) is 7.03. The van der Waals surface area contributed by atoms with Crippen LogP contribution in [0.25, 0.3) is 0 Å². The summed E-state index contributed by atoms with van der Waals surface area (Å²) in [5.41, 5.74) is 0.949. The number of amides is 1. The second-order valence-electron chi connectivity index (χ2n) is 4.23. The first-order valence-electron chi connectivity index (χ1n) is 4.94. The number of carbonyl (C=O) groups excluding carboxylic acids is 1. The zero-order chi connectivity index (χ0) is 11.3. The van der Waals surface area contributed by atoms with Gasteiger partial charge in [-0.05, 0) is 25.8 Å². The molecule has 0 aliphatic heterocycles. The van der Waals surface area contributed by atoms with Gasteiger partial charge in [0, 0.05) is 5.54 Å². The highest BCUT2D eigenvalue weighted by Crippen LogP contribution is 2.12. The first kappa shape index (κ1) is 12.1. The maximum atomic E-state index is 11.2. The summed E-state index contributed by atoms with van der Waals surface area (Å²) in [5.74, 6) is -0.115. The number of hydrogen-bond donors (Lipinski definition) is 1. The predicted octanol–water partition coefficient (Wildman–Crippen LogP) is 2.36. The number of halogens is 1. The van der Waals surface area contributed by atoms with Gasteiger partial charge in [-0.3, -0.25) is 4.79 Å². The van der Waals surface area contributed by atoms with Gasteiger partial charge < -0.3 is 5.32 Å². The van der Waals surface area contributed by atoms with Crippen LogP contribution in [0.4, 0.5) is 0 Å². The normalized spacial score (nSPS) is 11.1. The molecule has 0 heterocycles.